The summed E-state index contributed by atoms with van der Waals surface area (Å²) in [6.45, 7) is 6.66. The van der Waals surface area contributed by atoms with Crippen LogP contribution >= 0.6 is 0 Å². The van der Waals surface area contributed by atoms with Crippen LogP contribution in [0.5, 0.6) is 11.5 Å². The van der Waals surface area contributed by atoms with E-state index in [1.165, 1.54) is 31.7 Å². The molecule has 2 unspecified atom stereocenters. The van der Waals surface area contributed by atoms with Crippen molar-refractivity contribution in [3.8, 4) is 11.5 Å². The molecule has 1 aromatic rings. The van der Waals surface area contributed by atoms with Crippen molar-refractivity contribution in [2.45, 2.75) is 58.8 Å². The molecule has 0 saturated carbocycles. The normalized spacial score (nSPS) is 14.4. The second-order valence-electron chi connectivity index (χ2n) is 5.27. The van der Waals surface area contributed by atoms with Crippen LogP contribution in [0.15, 0.2) is 18.2 Å². The summed E-state index contributed by atoms with van der Waals surface area (Å²) < 4.78 is 0. The smallest absolute Gasteiger partial charge is 0.119 e. The SMILES string of the molecule is CCCCCC(C)C(CC)c1cc(O)cc(O)c1. The Bertz CT molecular complexity index is 340. The molecule has 1 rings (SSSR count). The van der Waals surface area contributed by atoms with E-state index in [-0.39, 0.29) is 11.5 Å². The van der Waals surface area contributed by atoms with Crippen LogP contribution in [0.2, 0.25) is 0 Å². The molecule has 0 aromatic heterocycles. The first-order valence-corrected chi connectivity index (χ1v) is 7.11. The maximum absolute atomic E-state index is 9.57. The van der Waals surface area contributed by atoms with Crippen molar-refractivity contribution in [1.29, 1.82) is 0 Å². The Labute approximate surface area is 111 Å². The van der Waals surface area contributed by atoms with Crippen LogP contribution in [0.25, 0.3) is 0 Å². The monoisotopic (exact) mass is 250 g/mol. The lowest BCUT2D eigenvalue weighted by Gasteiger charge is -2.23. The van der Waals surface area contributed by atoms with Gasteiger partial charge < -0.3 is 10.2 Å². The molecule has 2 atom stereocenters. The Morgan fingerprint density at radius 1 is 1.00 bits per heavy atom. The van der Waals surface area contributed by atoms with Gasteiger partial charge >= 0.3 is 0 Å². The highest BCUT2D eigenvalue weighted by molar-refractivity contribution is 5.38. The van der Waals surface area contributed by atoms with E-state index in [0.717, 1.165) is 12.0 Å². The number of hydrogen-bond acceptors (Lipinski definition) is 2. The largest absolute Gasteiger partial charge is 0.508 e. The van der Waals surface area contributed by atoms with Gasteiger partial charge in [-0.2, -0.15) is 0 Å². The van der Waals surface area contributed by atoms with Crippen LogP contribution in [-0.4, -0.2) is 10.2 Å². The lowest BCUT2D eigenvalue weighted by atomic mass is 9.82. The van der Waals surface area contributed by atoms with Gasteiger partial charge in [-0.05, 0) is 36.0 Å². The minimum Gasteiger partial charge on any atom is -0.508 e. The fourth-order valence-corrected chi connectivity index (χ4v) is 2.72. The van der Waals surface area contributed by atoms with E-state index >= 15 is 0 Å². The Morgan fingerprint density at radius 3 is 2.11 bits per heavy atom. The molecule has 18 heavy (non-hydrogen) atoms. The van der Waals surface area contributed by atoms with Gasteiger partial charge in [0.25, 0.3) is 0 Å². The number of hydrogen-bond donors (Lipinski definition) is 2. The van der Waals surface area contributed by atoms with Crippen LogP contribution in [0.4, 0.5) is 0 Å². The average Bonchev–Trinajstić information content (AvgIpc) is 2.29. The second kappa shape index (κ2) is 7.30. The molecule has 0 aliphatic rings. The van der Waals surface area contributed by atoms with Crippen LogP contribution in [-0.2, 0) is 0 Å². The van der Waals surface area contributed by atoms with Gasteiger partial charge in [-0.3, -0.25) is 0 Å². The van der Waals surface area contributed by atoms with E-state index in [1.54, 1.807) is 12.1 Å². The molecule has 0 aliphatic heterocycles. The van der Waals surface area contributed by atoms with Gasteiger partial charge in [0.05, 0.1) is 0 Å². The molecule has 0 radical (unpaired) electrons. The van der Waals surface area contributed by atoms with Crippen LogP contribution in [0, 0.1) is 5.92 Å². The van der Waals surface area contributed by atoms with Crippen LogP contribution < -0.4 is 0 Å². The topological polar surface area (TPSA) is 40.5 Å². The molecular weight excluding hydrogens is 224 g/mol. The first-order valence-electron chi connectivity index (χ1n) is 7.11. The van der Waals surface area contributed by atoms with Gasteiger partial charge in [0, 0.05) is 6.07 Å². The van der Waals surface area contributed by atoms with Gasteiger partial charge in [-0.15, -0.1) is 0 Å². The molecule has 102 valence electrons. The molecule has 0 aliphatic carbocycles. The summed E-state index contributed by atoms with van der Waals surface area (Å²) in [4.78, 5) is 0. The van der Waals surface area contributed by atoms with E-state index < -0.39 is 0 Å². The molecule has 2 N–H and O–H groups in total. The molecule has 0 spiro atoms. The summed E-state index contributed by atoms with van der Waals surface area (Å²) in [6.07, 6.45) is 6.04. The zero-order valence-electron chi connectivity index (χ0n) is 11.8. The first kappa shape index (κ1) is 14.9. The van der Waals surface area contributed by atoms with Gasteiger partial charge in [0.2, 0.25) is 0 Å². The molecule has 0 bridgehead atoms. The summed E-state index contributed by atoms with van der Waals surface area (Å²) in [5, 5.41) is 19.1. The summed E-state index contributed by atoms with van der Waals surface area (Å²) in [7, 11) is 0. The van der Waals surface area contributed by atoms with Crippen LogP contribution in [0.3, 0.4) is 0 Å². The molecule has 2 heteroatoms. The van der Waals surface area contributed by atoms with E-state index in [2.05, 4.69) is 20.8 Å². The predicted molar refractivity (Wildman–Crippen MR) is 76.1 cm³/mol. The fourth-order valence-electron chi connectivity index (χ4n) is 2.72. The van der Waals surface area contributed by atoms with Crippen molar-refractivity contribution in [1.82, 2.24) is 0 Å². The zero-order chi connectivity index (χ0) is 13.5. The van der Waals surface area contributed by atoms with Crippen molar-refractivity contribution >= 4 is 0 Å². The minimum atomic E-state index is 0.157. The number of aromatic hydroxyl groups is 2. The number of benzene rings is 1. The van der Waals surface area contributed by atoms with Crippen molar-refractivity contribution in [3.05, 3.63) is 23.8 Å². The van der Waals surface area contributed by atoms with Crippen LogP contribution in [0.1, 0.15) is 64.4 Å². The Kier molecular flexibility index (Phi) is 6.03. The maximum Gasteiger partial charge on any atom is 0.119 e. The van der Waals surface area contributed by atoms with E-state index in [1.807, 2.05) is 0 Å². The zero-order valence-corrected chi connectivity index (χ0v) is 11.8. The van der Waals surface area contributed by atoms with E-state index in [9.17, 15) is 10.2 Å². The average molecular weight is 250 g/mol. The Hall–Kier alpha value is -1.18. The number of rotatable bonds is 7. The van der Waals surface area contributed by atoms with E-state index in [4.69, 9.17) is 0 Å². The minimum absolute atomic E-state index is 0.157. The highest BCUT2D eigenvalue weighted by Crippen LogP contribution is 2.35. The van der Waals surface area contributed by atoms with Gasteiger partial charge in [-0.1, -0.05) is 46.5 Å². The third kappa shape index (κ3) is 4.25. The predicted octanol–water partition coefficient (Wildman–Crippen LogP) is 4.81. The molecule has 0 amide bonds. The summed E-state index contributed by atoms with van der Waals surface area (Å²) in [5.74, 6) is 1.32. The maximum atomic E-state index is 9.57. The first-order chi connectivity index (χ1) is 8.58. The molecule has 2 nitrogen and oxygen atoms in total. The summed E-state index contributed by atoms with van der Waals surface area (Å²) in [5.41, 5.74) is 1.05. The second-order valence-corrected chi connectivity index (χ2v) is 5.27. The molecule has 1 aromatic carbocycles. The molecule has 0 saturated heterocycles. The standard InChI is InChI=1S/C16H26O2/c1-4-6-7-8-12(3)16(5-2)13-9-14(17)11-15(18)10-13/h9-12,16-18H,4-8H2,1-3H3. The molecular formula is C16H26O2. The molecule has 0 heterocycles. The highest BCUT2D eigenvalue weighted by Gasteiger charge is 2.18. The van der Waals surface area contributed by atoms with Gasteiger partial charge in [0.15, 0.2) is 0 Å². The fraction of sp³-hybridized carbons (Fsp3) is 0.625. The molecule has 0 fully saturated rings. The van der Waals surface area contributed by atoms with Crippen molar-refractivity contribution in [2.75, 3.05) is 0 Å². The van der Waals surface area contributed by atoms with Crippen molar-refractivity contribution < 1.29 is 10.2 Å². The number of phenolic OH excluding ortho intramolecular Hbond substituents is 2. The Morgan fingerprint density at radius 2 is 1.61 bits per heavy atom. The van der Waals surface area contributed by atoms with E-state index in [0.29, 0.717) is 11.8 Å². The van der Waals surface area contributed by atoms with Gasteiger partial charge in [0.1, 0.15) is 11.5 Å². The summed E-state index contributed by atoms with van der Waals surface area (Å²) in [6, 6.07) is 4.95. The highest BCUT2D eigenvalue weighted by atomic mass is 16.3. The lowest BCUT2D eigenvalue weighted by Crippen LogP contribution is -2.09. The summed E-state index contributed by atoms with van der Waals surface area (Å²) >= 11 is 0. The Balaban J connectivity index is 2.74. The van der Waals surface area contributed by atoms with Crippen molar-refractivity contribution in [3.63, 3.8) is 0 Å². The third-order valence-electron chi connectivity index (χ3n) is 3.74. The lowest BCUT2D eigenvalue weighted by molar-refractivity contribution is 0.396. The van der Waals surface area contributed by atoms with Crippen molar-refractivity contribution in [2.24, 2.45) is 5.92 Å². The third-order valence-corrected chi connectivity index (χ3v) is 3.74. The van der Waals surface area contributed by atoms with Gasteiger partial charge in [-0.25, -0.2) is 0 Å². The quantitative estimate of drug-likeness (QED) is 0.682. The number of phenols is 2. The number of unbranched alkanes of at least 4 members (excludes halogenated alkanes) is 2.